The summed E-state index contributed by atoms with van der Waals surface area (Å²) in [4.78, 5) is 48.9. The minimum atomic E-state index is -1.40. The Balaban J connectivity index is 0. The number of hydrogen-bond donors (Lipinski definition) is 3. The molecule has 3 heterocycles. The maximum absolute atomic E-state index is 12.4. The molecule has 0 bridgehead atoms. The zero-order valence-corrected chi connectivity index (χ0v) is 21.0. The third-order valence-electron chi connectivity index (χ3n) is 4.36. The van der Waals surface area contributed by atoms with Crippen LogP contribution in [0.5, 0.6) is 0 Å². The Bertz CT molecular complexity index is 768. The van der Waals surface area contributed by atoms with Crippen LogP contribution in [0.1, 0.15) is 28.2 Å². The van der Waals surface area contributed by atoms with Crippen LogP contribution in [0.3, 0.4) is 0 Å². The van der Waals surface area contributed by atoms with Crippen molar-refractivity contribution in [3.63, 3.8) is 0 Å². The normalized spacial score (nSPS) is 25.9. The van der Waals surface area contributed by atoms with E-state index in [9.17, 15) is 29.4 Å². The molecular formula is C15H18N2Na2O6S2. The Morgan fingerprint density at radius 1 is 1.30 bits per heavy atom. The molecule has 2 fully saturated rings. The second-order valence-corrected chi connectivity index (χ2v) is 8.96. The third kappa shape index (κ3) is 4.42. The first-order valence-electron chi connectivity index (χ1n) is 7.43. The van der Waals surface area contributed by atoms with Gasteiger partial charge >= 0.3 is 71.1 Å². The molecule has 0 radical (unpaired) electrons. The summed E-state index contributed by atoms with van der Waals surface area (Å²) in [5, 5.41) is 23.9. The van der Waals surface area contributed by atoms with Gasteiger partial charge in [0.2, 0.25) is 11.8 Å². The van der Waals surface area contributed by atoms with E-state index in [-0.39, 0.29) is 62.0 Å². The SMILES string of the molecule is CC1(C)SC2C(NC(=O)C(C(=O)O)c3ccsc3)C(=O)N2C1C(=O)O.[H-].[H-].[Na+].[Na+]. The topological polar surface area (TPSA) is 124 Å². The van der Waals surface area contributed by atoms with Crippen LogP contribution in [0.4, 0.5) is 0 Å². The number of thiophene rings is 1. The molecule has 0 aromatic carbocycles. The van der Waals surface area contributed by atoms with E-state index in [2.05, 4.69) is 5.32 Å². The van der Waals surface area contributed by atoms with Gasteiger partial charge < -0.3 is 23.3 Å². The van der Waals surface area contributed by atoms with Gasteiger partial charge in [0.05, 0.1) is 0 Å². The average molecular weight is 432 g/mol. The van der Waals surface area contributed by atoms with E-state index in [1.54, 1.807) is 30.7 Å². The van der Waals surface area contributed by atoms with Crippen molar-refractivity contribution in [2.24, 2.45) is 0 Å². The van der Waals surface area contributed by atoms with Gasteiger partial charge in [-0.1, -0.05) is 0 Å². The predicted octanol–water partition coefficient (Wildman–Crippen LogP) is -5.22. The second-order valence-electron chi connectivity index (χ2n) is 6.41. The van der Waals surface area contributed by atoms with Crippen LogP contribution in [0.25, 0.3) is 0 Å². The molecular weight excluding hydrogens is 414 g/mol. The van der Waals surface area contributed by atoms with Crippen LogP contribution >= 0.6 is 23.1 Å². The fourth-order valence-electron chi connectivity index (χ4n) is 3.23. The number of carbonyl (C=O) groups is 4. The molecule has 138 valence electrons. The van der Waals surface area contributed by atoms with Crippen molar-refractivity contribution in [2.45, 2.75) is 42.0 Å². The summed E-state index contributed by atoms with van der Waals surface area (Å²) in [6, 6.07) is -0.344. The fraction of sp³-hybridized carbons (Fsp3) is 0.467. The molecule has 0 aliphatic carbocycles. The van der Waals surface area contributed by atoms with Crippen LogP contribution in [-0.2, 0) is 19.2 Å². The summed E-state index contributed by atoms with van der Waals surface area (Å²) in [6.07, 6.45) is 0. The maximum Gasteiger partial charge on any atom is 1.00 e. The molecule has 3 N–H and O–H groups in total. The number of rotatable bonds is 5. The van der Waals surface area contributed by atoms with Crippen molar-refractivity contribution >= 4 is 46.9 Å². The third-order valence-corrected chi connectivity index (χ3v) is 6.63. The summed E-state index contributed by atoms with van der Waals surface area (Å²) in [5.74, 6) is -5.08. The number of nitrogens with one attached hydrogen (secondary N) is 1. The van der Waals surface area contributed by atoms with Gasteiger partial charge in [-0.2, -0.15) is 11.3 Å². The predicted molar refractivity (Wildman–Crippen MR) is 92.6 cm³/mol. The van der Waals surface area contributed by atoms with Gasteiger partial charge in [-0.05, 0) is 36.2 Å². The van der Waals surface area contributed by atoms with Gasteiger partial charge in [0.1, 0.15) is 17.5 Å². The standard InChI is InChI=1S/C15H16N2O6S2.2Na.2H/c1-15(2)9(14(22)23)17-11(19)8(12(17)25-15)16-10(18)7(13(20)21)6-3-4-24-5-6;;;;/h3-5,7-9,12H,1-2H3,(H,16,18)(H,20,21)(H,22,23);;;;/q;2*+1;2*-1. The molecule has 2 saturated heterocycles. The van der Waals surface area contributed by atoms with Gasteiger partial charge in [0, 0.05) is 4.75 Å². The van der Waals surface area contributed by atoms with E-state index < -0.39 is 51.9 Å². The number of carbonyl (C=O) groups excluding carboxylic acids is 2. The Hall–Kier alpha value is -0.0700. The first-order chi connectivity index (χ1) is 11.6. The summed E-state index contributed by atoms with van der Waals surface area (Å²) >= 11 is 2.56. The van der Waals surface area contributed by atoms with Crippen molar-refractivity contribution in [3.05, 3.63) is 22.4 Å². The molecule has 0 spiro atoms. The van der Waals surface area contributed by atoms with E-state index in [0.29, 0.717) is 5.56 Å². The smallest absolute Gasteiger partial charge is 1.00 e. The molecule has 1 aromatic heterocycles. The number of carboxylic acid groups (broad SMARTS) is 2. The van der Waals surface area contributed by atoms with Gasteiger partial charge in [-0.3, -0.25) is 14.4 Å². The van der Waals surface area contributed by atoms with Gasteiger partial charge in [-0.25, -0.2) is 4.79 Å². The molecule has 4 atom stereocenters. The molecule has 8 nitrogen and oxygen atoms in total. The first kappa shape index (κ1) is 25.0. The Kier molecular flexibility index (Phi) is 8.48. The summed E-state index contributed by atoms with van der Waals surface area (Å²) in [5.41, 5.74) is 0.349. The van der Waals surface area contributed by atoms with E-state index >= 15 is 0 Å². The number of fused-ring (bicyclic) bond motifs is 1. The van der Waals surface area contributed by atoms with Crippen LogP contribution in [-0.4, -0.2) is 61.1 Å². The minimum absolute atomic E-state index is 0. The van der Waals surface area contributed by atoms with E-state index in [0.717, 1.165) is 0 Å². The Morgan fingerprint density at radius 2 is 1.93 bits per heavy atom. The van der Waals surface area contributed by atoms with Gasteiger partial charge in [0.15, 0.2) is 5.92 Å². The van der Waals surface area contributed by atoms with Crippen molar-refractivity contribution in [2.75, 3.05) is 0 Å². The van der Waals surface area contributed by atoms with Crippen molar-refractivity contribution in [3.8, 4) is 0 Å². The number of β-lactam (4-membered cyclic amide) rings is 1. The van der Waals surface area contributed by atoms with E-state index in [1.165, 1.54) is 28.0 Å². The molecule has 2 aliphatic rings. The number of thioether (sulfide) groups is 1. The zero-order chi connectivity index (χ0) is 18.5. The number of amides is 2. The molecule has 4 unspecified atom stereocenters. The van der Waals surface area contributed by atoms with Crippen LogP contribution in [0, 0.1) is 0 Å². The summed E-state index contributed by atoms with van der Waals surface area (Å²) in [6.45, 7) is 3.46. The monoisotopic (exact) mass is 432 g/mol. The molecule has 27 heavy (non-hydrogen) atoms. The van der Waals surface area contributed by atoms with Crippen LogP contribution < -0.4 is 64.4 Å². The summed E-state index contributed by atoms with van der Waals surface area (Å²) < 4.78 is -0.703. The number of aliphatic carboxylic acids is 2. The molecule has 0 saturated carbocycles. The van der Waals surface area contributed by atoms with Crippen LogP contribution in [0.2, 0.25) is 0 Å². The quantitative estimate of drug-likeness (QED) is 0.241. The second kappa shape index (κ2) is 9.17. The molecule has 3 rings (SSSR count). The number of nitrogens with zero attached hydrogens (tertiary/aromatic N) is 1. The summed E-state index contributed by atoms with van der Waals surface area (Å²) in [7, 11) is 0. The Morgan fingerprint density at radius 3 is 2.41 bits per heavy atom. The largest absolute Gasteiger partial charge is 1.00 e. The Labute approximate surface area is 211 Å². The molecule has 2 aliphatic heterocycles. The zero-order valence-electron chi connectivity index (χ0n) is 17.3. The minimum Gasteiger partial charge on any atom is -1.00 e. The van der Waals surface area contributed by atoms with Crippen molar-refractivity contribution in [1.82, 2.24) is 10.2 Å². The number of hydrogen-bond acceptors (Lipinski definition) is 6. The van der Waals surface area contributed by atoms with E-state index in [4.69, 9.17) is 0 Å². The number of carboxylic acids is 2. The van der Waals surface area contributed by atoms with Crippen LogP contribution in [0.15, 0.2) is 16.8 Å². The van der Waals surface area contributed by atoms with Gasteiger partial charge in [-0.15, -0.1) is 11.8 Å². The molecule has 12 heteroatoms. The first-order valence-corrected chi connectivity index (χ1v) is 9.25. The molecule has 1 aromatic rings. The van der Waals surface area contributed by atoms with E-state index in [1.807, 2.05) is 0 Å². The van der Waals surface area contributed by atoms with Gasteiger partial charge in [0.25, 0.3) is 0 Å². The average Bonchev–Trinajstić information content (AvgIpc) is 3.09. The fourth-order valence-corrected chi connectivity index (χ4v) is 5.54. The molecule has 2 amide bonds. The van der Waals surface area contributed by atoms with Crippen molar-refractivity contribution in [1.29, 1.82) is 0 Å². The van der Waals surface area contributed by atoms with Crippen molar-refractivity contribution < 1.29 is 91.4 Å². The maximum atomic E-state index is 12.4.